The molecule has 0 spiro atoms. The Balaban J connectivity index is 1.64. The van der Waals surface area contributed by atoms with Gasteiger partial charge in [0.1, 0.15) is 13.2 Å². The molecule has 1 rings (SSSR count). The summed E-state index contributed by atoms with van der Waals surface area (Å²) in [7, 11) is 0. The summed E-state index contributed by atoms with van der Waals surface area (Å²) in [5, 5.41) is 0. The summed E-state index contributed by atoms with van der Waals surface area (Å²) in [4.78, 5) is 35.6. The fraction of sp³-hybridized carbons (Fsp3) is 0.812. The second-order valence-electron chi connectivity index (χ2n) is 14.8. The topological polar surface area (TPSA) is 171 Å². The first-order valence-electron chi connectivity index (χ1n) is 23.9. The van der Waals surface area contributed by atoms with Crippen LogP contribution >= 0.6 is 0 Å². The van der Waals surface area contributed by atoms with E-state index in [9.17, 15) is 14.4 Å². The summed E-state index contributed by atoms with van der Waals surface area (Å²) in [6.07, 6.45) is 17.2. The molecule has 0 aromatic heterocycles. The number of Topliss-reactive ketones (excluding diaryl/α,β-unsaturated/α-hetero) is 1. The van der Waals surface area contributed by atoms with Gasteiger partial charge in [0, 0.05) is 12.0 Å². The molecule has 0 amide bonds. The molecule has 0 saturated heterocycles. The minimum atomic E-state index is -0.900. The molecule has 372 valence electrons. The van der Waals surface area contributed by atoms with E-state index in [4.69, 9.17) is 61.6 Å². The molecule has 0 atom stereocenters. The number of carbonyl (C=O) groups excluding carboxylic acids is 3. The normalized spacial score (nSPS) is 11.3. The van der Waals surface area contributed by atoms with Crippen molar-refractivity contribution in [1.29, 1.82) is 0 Å². The molecule has 1 aromatic carbocycles. The highest BCUT2D eigenvalue weighted by molar-refractivity contribution is 6.40. The summed E-state index contributed by atoms with van der Waals surface area (Å²) >= 11 is 0. The Morgan fingerprint density at radius 2 is 0.594 bits per heavy atom. The number of esters is 2. The van der Waals surface area contributed by atoms with Crippen molar-refractivity contribution in [1.82, 2.24) is 0 Å². The predicted octanol–water partition coefficient (Wildman–Crippen LogP) is 6.62. The minimum absolute atomic E-state index is 0.00724. The van der Waals surface area contributed by atoms with Crippen LogP contribution in [0.25, 0.3) is 0 Å². The number of unbranched alkanes of at least 4 members (excludes halogenated alkanes) is 12. The van der Waals surface area contributed by atoms with E-state index in [0.717, 1.165) is 12.8 Å². The van der Waals surface area contributed by atoms with Crippen LogP contribution in [0.3, 0.4) is 0 Å². The third-order valence-corrected chi connectivity index (χ3v) is 9.38. The van der Waals surface area contributed by atoms with Crippen LogP contribution in [-0.2, 0) is 71.2 Å². The first-order chi connectivity index (χ1) is 31.6. The Morgan fingerprint density at radius 3 is 0.906 bits per heavy atom. The van der Waals surface area contributed by atoms with Gasteiger partial charge in [-0.3, -0.25) is 9.59 Å². The SMILES string of the molecule is CCCCCCCCCCCCCCCC(=O)OCCOCCOCCOCCOCCOCCOCCOCCOCCOCCOCCOCCOC(=O)C(=O)c1ccccc1. The first kappa shape index (κ1) is 59.4. The Hall–Kier alpha value is -2.61. The Labute approximate surface area is 384 Å². The third kappa shape index (κ3) is 43.3. The molecule has 0 saturated carbocycles. The quantitative estimate of drug-likeness (QED) is 0.0295. The predicted molar refractivity (Wildman–Crippen MR) is 242 cm³/mol. The molecular weight excluding hydrogens is 833 g/mol. The van der Waals surface area contributed by atoms with Gasteiger partial charge in [-0.15, -0.1) is 0 Å². The summed E-state index contributed by atoms with van der Waals surface area (Å²) in [5.41, 5.74) is 0.293. The summed E-state index contributed by atoms with van der Waals surface area (Å²) in [5.74, 6) is -1.72. The van der Waals surface area contributed by atoms with Crippen molar-refractivity contribution in [2.75, 3.05) is 159 Å². The van der Waals surface area contributed by atoms with Crippen molar-refractivity contribution < 1.29 is 76.0 Å². The summed E-state index contributed by atoms with van der Waals surface area (Å²) in [6, 6.07) is 8.26. The maximum atomic E-state index is 11.9. The lowest BCUT2D eigenvalue weighted by Crippen LogP contribution is -2.20. The van der Waals surface area contributed by atoms with Gasteiger partial charge >= 0.3 is 11.9 Å². The second-order valence-corrected chi connectivity index (χ2v) is 14.8. The first-order valence-corrected chi connectivity index (χ1v) is 23.9. The van der Waals surface area contributed by atoms with Crippen molar-refractivity contribution in [2.45, 2.75) is 96.8 Å². The van der Waals surface area contributed by atoms with E-state index < -0.39 is 11.8 Å². The molecule has 0 bridgehead atoms. The average Bonchev–Trinajstić information content (AvgIpc) is 3.31. The molecular formula is C48H84O16. The zero-order chi connectivity index (χ0) is 45.9. The van der Waals surface area contributed by atoms with Crippen LogP contribution in [0.2, 0.25) is 0 Å². The van der Waals surface area contributed by atoms with Crippen LogP contribution in [0.5, 0.6) is 0 Å². The zero-order valence-electron chi connectivity index (χ0n) is 39.3. The van der Waals surface area contributed by atoms with Crippen molar-refractivity contribution in [2.24, 2.45) is 0 Å². The molecule has 64 heavy (non-hydrogen) atoms. The third-order valence-electron chi connectivity index (χ3n) is 9.38. The van der Waals surface area contributed by atoms with E-state index in [2.05, 4.69) is 6.92 Å². The van der Waals surface area contributed by atoms with Crippen LogP contribution in [0.4, 0.5) is 0 Å². The van der Waals surface area contributed by atoms with E-state index >= 15 is 0 Å². The fourth-order valence-corrected chi connectivity index (χ4v) is 5.84. The van der Waals surface area contributed by atoms with Crippen LogP contribution in [0.15, 0.2) is 30.3 Å². The van der Waals surface area contributed by atoms with Crippen molar-refractivity contribution in [3.8, 4) is 0 Å². The van der Waals surface area contributed by atoms with Gasteiger partial charge in [-0.05, 0) is 6.42 Å². The Morgan fingerprint density at radius 1 is 0.328 bits per heavy atom. The highest BCUT2D eigenvalue weighted by atomic mass is 16.6. The van der Waals surface area contributed by atoms with Crippen LogP contribution < -0.4 is 0 Å². The number of rotatable bonds is 52. The van der Waals surface area contributed by atoms with Crippen molar-refractivity contribution >= 4 is 17.7 Å². The highest BCUT2D eigenvalue weighted by Gasteiger charge is 2.17. The molecule has 0 radical (unpaired) electrons. The van der Waals surface area contributed by atoms with Crippen molar-refractivity contribution in [3.05, 3.63) is 35.9 Å². The molecule has 16 heteroatoms. The smallest absolute Gasteiger partial charge is 0.379 e. The van der Waals surface area contributed by atoms with Crippen molar-refractivity contribution in [3.63, 3.8) is 0 Å². The van der Waals surface area contributed by atoms with Gasteiger partial charge in [-0.1, -0.05) is 114 Å². The van der Waals surface area contributed by atoms with Gasteiger partial charge < -0.3 is 61.6 Å². The molecule has 0 aliphatic heterocycles. The number of hydrogen-bond donors (Lipinski definition) is 0. The van der Waals surface area contributed by atoms with Gasteiger partial charge in [0.05, 0.1) is 145 Å². The van der Waals surface area contributed by atoms with Crippen LogP contribution in [0.1, 0.15) is 107 Å². The fourth-order valence-electron chi connectivity index (χ4n) is 5.84. The molecule has 0 aliphatic carbocycles. The van der Waals surface area contributed by atoms with E-state index in [1.165, 1.54) is 70.6 Å². The second kappa shape index (κ2) is 49.8. The van der Waals surface area contributed by atoms with Crippen LogP contribution in [0, 0.1) is 0 Å². The zero-order valence-corrected chi connectivity index (χ0v) is 39.3. The lowest BCUT2D eigenvalue weighted by atomic mass is 10.0. The van der Waals surface area contributed by atoms with E-state index in [1.54, 1.807) is 30.3 Å². The number of benzene rings is 1. The summed E-state index contributed by atoms with van der Waals surface area (Å²) < 4.78 is 70.4. The Bertz CT molecular complexity index is 1140. The highest BCUT2D eigenvalue weighted by Crippen LogP contribution is 2.13. The van der Waals surface area contributed by atoms with Gasteiger partial charge in [0.25, 0.3) is 5.78 Å². The van der Waals surface area contributed by atoms with Gasteiger partial charge in [0.15, 0.2) is 0 Å². The monoisotopic (exact) mass is 917 g/mol. The molecule has 0 aliphatic rings. The van der Waals surface area contributed by atoms with Gasteiger partial charge in [0.2, 0.25) is 0 Å². The maximum Gasteiger partial charge on any atom is 0.379 e. The standard InChI is InChI=1S/C48H84O16/c1-2-3-4-5-6-7-8-9-10-11-12-13-17-20-46(49)63-43-41-61-39-37-59-35-33-57-31-29-55-27-25-53-23-21-52-22-24-54-26-28-56-30-32-58-34-36-60-38-40-62-42-44-64-48(51)47(50)45-18-15-14-16-19-45/h14-16,18-19H,2-13,17,20-44H2,1H3. The molecule has 0 heterocycles. The lowest BCUT2D eigenvalue weighted by Gasteiger charge is -2.09. The van der Waals surface area contributed by atoms with Gasteiger partial charge in [-0.2, -0.15) is 0 Å². The number of ketones is 1. The Kier molecular flexibility index (Phi) is 46.2. The molecule has 0 unspecified atom stereocenters. The molecule has 0 fully saturated rings. The van der Waals surface area contributed by atoms with E-state index in [-0.39, 0.29) is 25.8 Å². The number of hydrogen-bond acceptors (Lipinski definition) is 16. The molecule has 1 aromatic rings. The van der Waals surface area contributed by atoms with E-state index in [1.807, 2.05) is 0 Å². The minimum Gasteiger partial charge on any atom is -0.463 e. The van der Waals surface area contributed by atoms with E-state index in [0.29, 0.717) is 151 Å². The van der Waals surface area contributed by atoms with Gasteiger partial charge in [-0.25, -0.2) is 4.79 Å². The number of ether oxygens (including phenoxy) is 13. The van der Waals surface area contributed by atoms with Crippen LogP contribution in [-0.4, -0.2) is 176 Å². The number of carbonyl (C=O) groups is 3. The molecule has 0 N–H and O–H groups in total. The maximum absolute atomic E-state index is 11.9. The average molecular weight is 917 g/mol. The largest absolute Gasteiger partial charge is 0.463 e. The summed E-state index contributed by atoms with van der Waals surface area (Å²) in [6.45, 7) is 12.2. The lowest BCUT2D eigenvalue weighted by molar-refractivity contribution is -0.145. The molecule has 16 nitrogen and oxygen atoms in total.